The number of halogens is 2. The van der Waals surface area contributed by atoms with Gasteiger partial charge in [0.1, 0.15) is 0 Å². The van der Waals surface area contributed by atoms with E-state index in [2.05, 4.69) is 5.32 Å². The zero-order chi connectivity index (χ0) is 13.9. The molecule has 1 aromatic rings. The Bertz CT molecular complexity index is 476. The molecule has 19 heavy (non-hydrogen) atoms. The van der Waals surface area contributed by atoms with Crippen LogP contribution in [0.25, 0.3) is 0 Å². The first-order valence-electron chi connectivity index (χ1n) is 6.04. The fourth-order valence-corrected chi connectivity index (χ4v) is 3.17. The maximum atomic E-state index is 13.0. The number of carbonyl (C=O) groups is 1. The Hall–Kier alpha value is -1.14. The molecule has 0 atom stereocenters. The highest BCUT2D eigenvalue weighted by Crippen LogP contribution is 2.26. The van der Waals surface area contributed by atoms with Crippen molar-refractivity contribution in [3.63, 3.8) is 0 Å². The first-order chi connectivity index (χ1) is 9.00. The Morgan fingerprint density at radius 1 is 1.32 bits per heavy atom. The van der Waals surface area contributed by atoms with Gasteiger partial charge in [0, 0.05) is 12.1 Å². The van der Waals surface area contributed by atoms with Gasteiger partial charge in [-0.15, -0.1) is 0 Å². The van der Waals surface area contributed by atoms with Crippen molar-refractivity contribution in [2.75, 3.05) is 18.1 Å². The molecule has 1 saturated heterocycles. The number of hydrogen-bond acceptors (Lipinski definition) is 3. The number of hydrogen-bond donors (Lipinski definition) is 2. The van der Waals surface area contributed by atoms with E-state index in [1.54, 1.807) is 11.8 Å². The van der Waals surface area contributed by atoms with Crippen LogP contribution in [0.3, 0.4) is 0 Å². The average Bonchev–Trinajstić information content (AvgIpc) is 2.40. The van der Waals surface area contributed by atoms with Crippen molar-refractivity contribution in [1.82, 2.24) is 5.32 Å². The second-order valence-electron chi connectivity index (χ2n) is 4.65. The molecule has 1 aliphatic heterocycles. The van der Waals surface area contributed by atoms with E-state index in [0.29, 0.717) is 12.8 Å². The lowest BCUT2D eigenvalue weighted by atomic mass is 9.97. The minimum absolute atomic E-state index is 0.0488. The summed E-state index contributed by atoms with van der Waals surface area (Å²) in [7, 11) is 0. The topological polar surface area (TPSA) is 49.3 Å². The van der Waals surface area contributed by atoms with Gasteiger partial charge in [0.25, 0.3) is 5.91 Å². The van der Waals surface area contributed by atoms with E-state index in [0.717, 1.165) is 23.6 Å². The van der Waals surface area contributed by atoms with Crippen molar-refractivity contribution in [3.8, 4) is 0 Å². The molecule has 2 rings (SSSR count). The summed E-state index contributed by atoms with van der Waals surface area (Å²) < 4.78 is 25.8. The number of benzene rings is 1. The SMILES string of the molecule is O=C(NCC1(O)CCSCC1)c1ccc(F)c(F)c1. The van der Waals surface area contributed by atoms with Gasteiger partial charge in [0.05, 0.1) is 5.60 Å². The lowest BCUT2D eigenvalue weighted by molar-refractivity contribution is 0.0311. The quantitative estimate of drug-likeness (QED) is 0.893. The predicted octanol–water partition coefficient (Wildman–Crippen LogP) is 1.95. The Morgan fingerprint density at radius 3 is 2.63 bits per heavy atom. The van der Waals surface area contributed by atoms with Crippen LogP contribution in [0.5, 0.6) is 0 Å². The van der Waals surface area contributed by atoms with Crippen molar-refractivity contribution < 1.29 is 18.7 Å². The second-order valence-corrected chi connectivity index (χ2v) is 5.87. The number of carbonyl (C=O) groups excluding carboxylic acids is 1. The molecule has 0 aromatic heterocycles. The van der Waals surface area contributed by atoms with Gasteiger partial charge in [-0.05, 0) is 42.5 Å². The van der Waals surface area contributed by atoms with Crippen molar-refractivity contribution in [1.29, 1.82) is 0 Å². The first-order valence-corrected chi connectivity index (χ1v) is 7.19. The average molecular weight is 287 g/mol. The fraction of sp³-hybridized carbons (Fsp3) is 0.462. The number of amides is 1. The highest BCUT2D eigenvalue weighted by atomic mass is 32.2. The van der Waals surface area contributed by atoms with Gasteiger partial charge < -0.3 is 10.4 Å². The summed E-state index contributed by atoms with van der Waals surface area (Å²) in [4.78, 5) is 11.8. The van der Waals surface area contributed by atoms with Gasteiger partial charge in [-0.25, -0.2) is 8.78 Å². The Morgan fingerprint density at radius 2 is 2.00 bits per heavy atom. The zero-order valence-corrected chi connectivity index (χ0v) is 11.1. The highest BCUT2D eigenvalue weighted by molar-refractivity contribution is 7.99. The molecular formula is C13H15F2NO2S. The molecule has 6 heteroatoms. The van der Waals surface area contributed by atoms with Gasteiger partial charge in [0.2, 0.25) is 0 Å². The molecule has 3 nitrogen and oxygen atoms in total. The normalized spacial score (nSPS) is 18.1. The molecule has 1 fully saturated rings. The van der Waals surface area contributed by atoms with E-state index in [-0.39, 0.29) is 12.1 Å². The first kappa shape index (κ1) is 14.3. The second kappa shape index (κ2) is 5.88. The number of thioether (sulfide) groups is 1. The Labute approximate surface area is 114 Å². The molecule has 0 unspecified atom stereocenters. The standard InChI is InChI=1S/C13H15F2NO2S/c14-10-2-1-9(7-11(10)15)12(17)16-8-13(18)3-5-19-6-4-13/h1-2,7,18H,3-6,8H2,(H,16,17). The maximum absolute atomic E-state index is 13.0. The van der Waals surface area contributed by atoms with E-state index in [1.165, 1.54) is 6.07 Å². The van der Waals surface area contributed by atoms with Crippen LogP contribution in [0.15, 0.2) is 18.2 Å². The van der Waals surface area contributed by atoms with Gasteiger partial charge in [0.15, 0.2) is 11.6 Å². The minimum Gasteiger partial charge on any atom is -0.388 e. The largest absolute Gasteiger partial charge is 0.388 e. The van der Waals surface area contributed by atoms with Gasteiger partial charge in [-0.3, -0.25) is 4.79 Å². The van der Waals surface area contributed by atoms with E-state index in [4.69, 9.17) is 0 Å². The lowest BCUT2D eigenvalue weighted by Gasteiger charge is -2.31. The lowest BCUT2D eigenvalue weighted by Crippen LogP contribution is -2.45. The molecule has 0 radical (unpaired) electrons. The third kappa shape index (κ3) is 3.67. The van der Waals surface area contributed by atoms with E-state index < -0.39 is 23.1 Å². The van der Waals surface area contributed by atoms with Crippen LogP contribution < -0.4 is 5.32 Å². The third-order valence-corrected chi connectivity index (χ3v) is 4.17. The molecule has 2 N–H and O–H groups in total. The van der Waals surface area contributed by atoms with Crippen LogP contribution in [0.4, 0.5) is 8.78 Å². The molecule has 0 saturated carbocycles. The van der Waals surface area contributed by atoms with E-state index in [9.17, 15) is 18.7 Å². The summed E-state index contributed by atoms with van der Waals surface area (Å²) in [5.41, 5.74) is -0.841. The summed E-state index contributed by atoms with van der Waals surface area (Å²) in [5, 5.41) is 12.8. The van der Waals surface area contributed by atoms with E-state index >= 15 is 0 Å². The molecule has 0 aliphatic carbocycles. The zero-order valence-electron chi connectivity index (χ0n) is 10.3. The van der Waals surface area contributed by atoms with Crippen LogP contribution in [-0.4, -0.2) is 34.7 Å². The summed E-state index contributed by atoms with van der Waals surface area (Å²) in [6, 6.07) is 2.98. The Balaban J connectivity index is 1.95. The van der Waals surface area contributed by atoms with Gasteiger partial charge in [-0.1, -0.05) is 0 Å². The number of aliphatic hydroxyl groups is 1. The van der Waals surface area contributed by atoms with Crippen molar-refractivity contribution in [2.45, 2.75) is 18.4 Å². The predicted molar refractivity (Wildman–Crippen MR) is 70.2 cm³/mol. The van der Waals surface area contributed by atoms with Gasteiger partial charge in [-0.2, -0.15) is 11.8 Å². The third-order valence-electron chi connectivity index (χ3n) is 3.18. The molecule has 1 aromatic carbocycles. The monoisotopic (exact) mass is 287 g/mol. The van der Waals surface area contributed by atoms with Crippen molar-refractivity contribution in [3.05, 3.63) is 35.4 Å². The van der Waals surface area contributed by atoms with Crippen molar-refractivity contribution >= 4 is 17.7 Å². The fourth-order valence-electron chi connectivity index (χ4n) is 1.91. The Kier molecular flexibility index (Phi) is 4.42. The van der Waals surface area contributed by atoms with Crippen LogP contribution >= 0.6 is 11.8 Å². The number of rotatable bonds is 3. The molecular weight excluding hydrogens is 272 g/mol. The van der Waals surface area contributed by atoms with Crippen molar-refractivity contribution in [2.24, 2.45) is 0 Å². The van der Waals surface area contributed by atoms with Crippen LogP contribution in [0, 0.1) is 11.6 Å². The number of nitrogens with one attached hydrogen (secondary N) is 1. The minimum atomic E-state index is -1.06. The molecule has 1 amide bonds. The molecule has 0 bridgehead atoms. The van der Waals surface area contributed by atoms with Gasteiger partial charge >= 0.3 is 0 Å². The molecule has 104 valence electrons. The van der Waals surface area contributed by atoms with Crippen LogP contribution in [0.1, 0.15) is 23.2 Å². The molecule has 1 aliphatic rings. The summed E-state index contributed by atoms with van der Waals surface area (Å²) >= 11 is 1.77. The highest BCUT2D eigenvalue weighted by Gasteiger charge is 2.29. The van der Waals surface area contributed by atoms with E-state index in [1.807, 2.05) is 0 Å². The molecule has 1 heterocycles. The summed E-state index contributed by atoms with van der Waals surface area (Å²) in [5.74, 6) is -0.833. The molecule has 0 spiro atoms. The van der Waals surface area contributed by atoms with Crippen LogP contribution in [-0.2, 0) is 0 Å². The van der Waals surface area contributed by atoms with Crippen LogP contribution in [0.2, 0.25) is 0 Å². The smallest absolute Gasteiger partial charge is 0.251 e. The summed E-state index contributed by atoms with van der Waals surface area (Å²) in [6.45, 7) is 0.130. The summed E-state index contributed by atoms with van der Waals surface area (Å²) in [6.07, 6.45) is 1.24. The maximum Gasteiger partial charge on any atom is 0.251 e.